The Balaban J connectivity index is 0.00000338. The van der Waals surface area contributed by atoms with Crippen molar-refractivity contribution < 1.29 is 0 Å². The van der Waals surface area contributed by atoms with Crippen LogP contribution in [0.25, 0.3) is 0 Å². The molecule has 5 nitrogen and oxygen atoms in total. The maximum atomic E-state index is 4.73. The van der Waals surface area contributed by atoms with Crippen LogP contribution in [0.3, 0.4) is 0 Å². The highest BCUT2D eigenvalue weighted by Crippen LogP contribution is 2.20. The monoisotopic (exact) mass is 473 g/mol. The first-order valence-corrected chi connectivity index (χ1v) is 9.56. The Morgan fingerprint density at radius 2 is 2.00 bits per heavy atom. The number of nitrogens with one attached hydrogen (secondary N) is 2. The molecule has 0 aliphatic carbocycles. The fourth-order valence-electron chi connectivity index (χ4n) is 3.33. The van der Waals surface area contributed by atoms with Crippen LogP contribution in [0.4, 0.5) is 0 Å². The summed E-state index contributed by atoms with van der Waals surface area (Å²) in [6, 6.07) is 11.8. The molecule has 1 heterocycles. The van der Waals surface area contributed by atoms with Crippen LogP contribution < -0.4 is 10.6 Å². The Bertz CT molecular complexity index is 520. The summed E-state index contributed by atoms with van der Waals surface area (Å²) in [5.74, 6) is 0.958. The van der Waals surface area contributed by atoms with E-state index in [4.69, 9.17) is 4.99 Å². The van der Waals surface area contributed by atoms with Crippen LogP contribution in [0.2, 0.25) is 0 Å². The molecule has 0 amide bonds. The second-order valence-corrected chi connectivity index (χ2v) is 7.26. The minimum absolute atomic E-state index is 0. The van der Waals surface area contributed by atoms with Gasteiger partial charge in [-0.2, -0.15) is 0 Å². The van der Waals surface area contributed by atoms with Crippen LogP contribution in [0.1, 0.15) is 32.3 Å². The van der Waals surface area contributed by atoms with Crippen molar-refractivity contribution in [3.8, 4) is 0 Å². The molecule has 1 saturated heterocycles. The first kappa shape index (κ1) is 23.2. The molecule has 26 heavy (non-hydrogen) atoms. The van der Waals surface area contributed by atoms with E-state index >= 15 is 0 Å². The molecule has 2 unspecified atom stereocenters. The second kappa shape index (κ2) is 12.5. The number of hydrogen-bond donors (Lipinski definition) is 2. The maximum Gasteiger partial charge on any atom is 0.191 e. The van der Waals surface area contributed by atoms with Gasteiger partial charge in [0.25, 0.3) is 0 Å². The van der Waals surface area contributed by atoms with Gasteiger partial charge in [-0.3, -0.25) is 9.89 Å². The molecule has 2 atom stereocenters. The third kappa shape index (κ3) is 8.22. The zero-order valence-electron chi connectivity index (χ0n) is 16.7. The van der Waals surface area contributed by atoms with Crippen molar-refractivity contribution in [2.45, 2.75) is 45.3 Å². The number of halogens is 1. The number of guanidine groups is 1. The van der Waals surface area contributed by atoms with Crippen molar-refractivity contribution in [2.24, 2.45) is 4.99 Å². The molecule has 1 aromatic rings. The first-order valence-electron chi connectivity index (χ1n) is 9.56. The minimum atomic E-state index is 0. The fraction of sp³-hybridized carbons (Fsp3) is 0.650. The molecule has 1 aliphatic heterocycles. The molecule has 148 valence electrons. The largest absolute Gasteiger partial charge is 0.357 e. The van der Waals surface area contributed by atoms with E-state index in [1.54, 1.807) is 0 Å². The summed E-state index contributed by atoms with van der Waals surface area (Å²) in [6.07, 6.45) is 2.25. The number of aliphatic imine (C=N–C) groups is 1. The molecule has 0 bridgehead atoms. The number of nitrogens with zero attached hydrogens (tertiary/aromatic N) is 3. The molecule has 1 aliphatic rings. The molecule has 2 rings (SSSR count). The Morgan fingerprint density at radius 1 is 1.27 bits per heavy atom. The van der Waals surface area contributed by atoms with Crippen molar-refractivity contribution in [1.82, 2.24) is 20.4 Å². The predicted octanol–water partition coefficient (Wildman–Crippen LogP) is 2.77. The number of hydrogen-bond acceptors (Lipinski definition) is 3. The summed E-state index contributed by atoms with van der Waals surface area (Å²) in [5.41, 5.74) is 1.39. The quantitative estimate of drug-likeness (QED) is 0.264. The third-order valence-corrected chi connectivity index (χ3v) is 4.65. The zero-order valence-corrected chi connectivity index (χ0v) is 19.1. The highest BCUT2D eigenvalue weighted by Gasteiger charge is 2.29. The van der Waals surface area contributed by atoms with E-state index in [1.165, 1.54) is 5.56 Å². The highest BCUT2D eigenvalue weighted by atomic mass is 127. The van der Waals surface area contributed by atoms with Crippen LogP contribution in [0, 0.1) is 0 Å². The van der Waals surface area contributed by atoms with Crippen LogP contribution in [0.5, 0.6) is 0 Å². The van der Waals surface area contributed by atoms with Gasteiger partial charge in [0, 0.05) is 38.3 Å². The molecular formula is C20H36IN5. The predicted molar refractivity (Wildman–Crippen MR) is 122 cm³/mol. The average molecular weight is 473 g/mol. The summed E-state index contributed by atoms with van der Waals surface area (Å²) in [6.45, 7) is 9.38. The fourth-order valence-corrected chi connectivity index (χ4v) is 3.33. The lowest BCUT2D eigenvalue weighted by Crippen LogP contribution is -2.44. The van der Waals surface area contributed by atoms with E-state index in [0.717, 1.165) is 51.5 Å². The van der Waals surface area contributed by atoms with Gasteiger partial charge in [0.15, 0.2) is 5.96 Å². The molecule has 1 aromatic carbocycles. The van der Waals surface area contributed by atoms with E-state index < -0.39 is 0 Å². The van der Waals surface area contributed by atoms with Crippen LogP contribution in [-0.4, -0.2) is 68.1 Å². The van der Waals surface area contributed by atoms with E-state index in [9.17, 15) is 0 Å². The van der Waals surface area contributed by atoms with Crippen LogP contribution >= 0.6 is 24.0 Å². The molecule has 0 aromatic heterocycles. The van der Waals surface area contributed by atoms with Crippen molar-refractivity contribution >= 4 is 29.9 Å². The number of rotatable bonds is 8. The second-order valence-electron chi connectivity index (χ2n) is 7.26. The van der Waals surface area contributed by atoms with Gasteiger partial charge in [0.2, 0.25) is 0 Å². The average Bonchev–Trinajstić information content (AvgIpc) is 2.92. The topological polar surface area (TPSA) is 42.9 Å². The third-order valence-electron chi connectivity index (χ3n) is 4.65. The van der Waals surface area contributed by atoms with Crippen molar-refractivity contribution in [2.75, 3.05) is 40.3 Å². The number of likely N-dealkylation sites (tertiary alicyclic amines) is 1. The molecular weight excluding hydrogens is 437 g/mol. The Hall–Kier alpha value is -0.860. The smallest absolute Gasteiger partial charge is 0.191 e. The first-order chi connectivity index (χ1) is 12.1. The van der Waals surface area contributed by atoms with Gasteiger partial charge in [-0.15, -0.1) is 24.0 Å². The van der Waals surface area contributed by atoms with E-state index in [0.29, 0.717) is 12.1 Å². The van der Waals surface area contributed by atoms with Gasteiger partial charge in [0.1, 0.15) is 0 Å². The molecule has 2 N–H and O–H groups in total. The lowest BCUT2D eigenvalue weighted by atomic mass is 10.2. The van der Waals surface area contributed by atoms with Crippen LogP contribution in [0.15, 0.2) is 35.3 Å². The lowest BCUT2D eigenvalue weighted by Gasteiger charge is -2.21. The molecule has 1 fully saturated rings. The minimum Gasteiger partial charge on any atom is -0.357 e. The van der Waals surface area contributed by atoms with Gasteiger partial charge in [-0.1, -0.05) is 30.3 Å². The summed E-state index contributed by atoms with van der Waals surface area (Å²) in [5, 5.41) is 7.02. The lowest BCUT2D eigenvalue weighted by molar-refractivity contribution is 0.258. The van der Waals surface area contributed by atoms with E-state index in [1.807, 2.05) is 0 Å². The SMILES string of the molecule is CCNC(=NCCCN(C)C)NC1CC(C)N(Cc2ccccc2)C1.I. The summed E-state index contributed by atoms with van der Waals surface area (Å²) in [7, 11) is 4.21. The summed E-state index contributed by atoms with van der Waals surface area (Å²) >= 11 is 0. The maximum absolute atomic E-state index is 4.73. The Kier molecular flexibility index (Phi) is 11.2. The number of benzene rings is 1. The van der Waals surface area contributed by atoms with Crippen LogP contribution in [-0.2, 0) is 6.54 Å². The van der Waals surface area contributed by atoms with Gasteiger partial charge in [-0.05, 0) is 52.9 Å². The molecule has 0 saturated carbocycles. The Morgan fingerprint density at radius 3 is 2.65 bits per heavy atom. The van der Waals surface area contributed by atoms with E-state index in [2.05, 4.69) is 78.7 Å². The van der Waals surface area contributed by atoms with Gasteiger partial charge < -0.3 is 15.5 Å². The van der Waals surface area contributed by atoms with Gasteiger partial charge in [0.05, 0.1) is 0 Å². The standard InChI is InChI=1S/C20H35N5.HI/c1-5-21-20(22-12-9-13-24(3)4)23-19-14-17(2)25(16-19)15-18-10-7-6-8-11-18;/h6-8,10-11,17,19H,5,9,12-16H2,1-4H3,(H2,21,22,23);1H. The van der Waals surface area contributed by atoms with Crippen molar-refractivity contribution in [1.29, 1.82) is 0 Å². The molecule has 0 radical (unpaired) electrons. The highest BCUT2D eigenvalue weighted by molar-refractivity contribution is 14.0. The Labute approximate surface area is 176 Å². The van der Waals surface area contributed by atoms with Crippen molar-refractivity contribution in [3.05, 3.63) is 35.9 Å². The van der Waals surface area contributed by atoms with Crippen molar-refractivity contribution in [3.63, 3.8) is 0 Å². The normalized spacial score (nSPS) is 20.9. The van der Waals surface area contributed by atoms with Gasteiger partial charge >= 0.3 is 0 Å². The molecule has 6 heteroatoms. The van der Waals surface area contributed by atoms with Gasteiger partial charge in [-0.25, -0.2) is 0 Å². The summed E-state index contributed by atoms with van der Waals surface area (Å²) < 4.78 is 0. The molecule has 0 spiro atoms. The zero-order chi connectivity index (χ0) is 18.1. The van der Waals surface area contributed by atoms with E-state index in [-0.39, 0.29) is 24.0 Å². The summed E-state index contributed by atoms with van der Waals surface area (Å²) in [4.78, 5) is 9.49.